The third-order valence-corrected chi connectivity index (χ3v) is 10.2. The van der Waals surface area contributed by atoms with Crippen LogP contribution in [0.3, 0.4) is 0 Å². The Labute approximate surface area is 319 Å². The van der Waals surface area contributed by atoms with Crippen LogP contribution in [0.1, 0.15) is 54.0 Å². The van der Waals surface area contributed by atoms with Gasteiger partial charge in [0.25, 0.3) is 0 Å². The largest absolute Gasteiger partial charge is 0.416 e. The van der Waals surface area contributed by atoms with Gasteiger partial charge in [-0.2, -0.15) is 26.3 Å². The summed E-state index contributed by atoms with van der Waals surface area (Å²) in [7, 11) is 1.29. The van der Waals surface area contributed by atoms with Crippen LogP contribution in [0.2, 0.25) is 10.0 Å². The van der Waals surface area contributed by atoms with Crippen molar-refractivity contribution < 1.29 is 40.7 Å². The van der Waals surface area contributed by atoms with Crippen LogP contribution in [-0.2, 0) is 38.8 Å². The van der Waals surface area contributed by atoms with Gasteiger partial charge in [-0.15, -0.1) is 12.4 Å². The first-order chi connectivity index (χ1) is 24.4. The fourth-order valence-electron chi connectivity index (χ4n) is 6.81. The van der Waals surface area contributed by atoms with Crippen molar-refractivity contribution in [3.63, 3.8) is 0 Å². The van der Waals surface area contributed by atoms with Crippen LogP contribution in [0, 0.1) is 0 Å². The topological polar surface area (TPSA) is 73.0 Å². The zero-order valence-corrected chi connectivity index (χ0v) is 31.0. The summed E-state index contributed by atoms with van der Waals surface area (Å²) in [6, 6.07) is 15.6. The van der Waals surface area contributed by atoms with E-state index in [4.69, 9.17) is 23.2 Å². The highest BCUT2D eigenvalue weighted by Crippen LogP contribution is 2.38. The molecule has 1 saturated heterocycles. The van der Waals surface area contributed by atoms with Crippen molar-refractivity contribution in [1.82, 2.24) is 20.0 Å². The number of halogens is 9. The molecule has 3 aromatic carbocycles. The number of carbonyl (C=O) groups excluding carboxylic acids is 3. The first-order valence-electron chi connectivity index (χ1n) is 16.4. The highest BCUT2D eigenvalue weighted by atomic mass is 35.5. The Balaban J connectivity index is 0.00000627. The maximum absolute atomic E-state index is 13.9. The molecule has 1 fully saturated rings. The summed E-state index contributed by atoms with van der Waals surface area (Å²) in [6.45, 7) is 2.23. The molecular formula is C37H37Cl3F6N4O3. The van der Waals surface area contributed by atoms with E-state index < -0.39 is 41.5 Å². The average Bonchev–Trinajstić information content (AvgIpc) is 3.09. The molecule has 2 aliphatic heterocycles. The maximum Gasteiger partial charge on any atom is 0.416 e. The second-order valence-electron chi connectivity index (χ2n) is 13.1. The summed E-state index contributed by atoms with van der Waals surface area (Å²) in [6.07, 6.45) is -8.84. The molecule has 0 atom stereocenters. The fourth-order valence-corrected chi connectivity index (χ4v) is 7.11. The van der Waals surface area contributed by atoms with Crippen molar-refractivity contribution in [2.24, 2.45) is 0 Å². The number of piperidine rings is 1. The van der Waals surface area contributed by atoms with Gasteiger partial charge in [-0.1, -0.05) is 59.6 Å². The summed E-state index contributed by atoms with van der Waals surface area (Å²) in [5.41, 5.74) is -1.71. The van der Waals surface area contributed by atoms with Crippen LogP contribution in [-0.4, -0.2) is 72.2 Å². The maximum atomic E-state index is 13.9. The third-order valence-electron chi connectivity index (χ3n) is 9.45. The molecule has 7 nitrogen and oxygen atoms in total. The molecule has 0 unspecified atom stereocenters. The van der Waals surface area contributed by atoms with E-state index in [0.29, 0.717) is 49.2 Å². The number of benzene rings is 3. The number of hydrogen-bond donors (Lipinski definition) is 1. The molecule has 0 saturated carbocycles. The van der Waals surface area contributed by atoms with Crippen LogP contribution in [0.15, 0.2) is 72.3 Å². The van der Waals surface area contributed by atoms with E-state index in [1.807, 2.05) is 35.2 Å². The molecule has 3 amide bonds. The van der Waals surface area contributed by atoms with Gasteiger partial charge in [-0.05, 0) is 71.9 Å². The van der Waals surface area contributed by atoms with Gasteiger partial charge in [0.05, 0.1) is 33.3 Å². The Kier molecular flexibility index (Phi) is 13.2. The molecule has 1 N–H and O–H groups in total. The normalized spacial score (nSPS) is 16.5. The minimum absolute atomic E-state index is 0. The minimum atomic E-state index is -5.04. The Morgan fingerprint density at radius 2 is 1.45 bits per heavy atom. The number of nitrogens with one attached hydrogen (secondary N) is 1. The quantitative estimate of drug-likeness (QED) is 0.233. The van der Waals surface area contributed by atoms with Gasteiger partial charge in [0.15, 0.2) is 0 Å². The van der Waals surface area contributed by atoms with E-state index >= 15 is 0 Å². The van der Waals surface area contributed by atoms with Gasteiger partial charge in [0.2, 0.25) is 17.7 Å². The first-order valence-corrected chi connectivity index (χ1v) is 17.2. The molecule has 0 spiro atoms. The van der Waals surface area contributed by atoms with Crippen molar-refractivity contribution in [2.45, 2.75) is 50.6 Å². The molecular weight excluding hydrogens is 769 g/mol. The van der Waals surface area contributed by atoms with Gasteiger partial charge in [-0.25, -0.2) is 0 Å². The van der Waals surface area contributed by atoms with E-state index in [-0.39, 0.29) is 77.5 Å². The second kappa shape index (κ2) is 16.7. The minimum Gasteiger partial charge on any atom is -0.347 e. The molecule has 3 aromatic rings. The molecule has 0 aliphatic carbocycles. The lowest BCUT2D eigenvalue weighted by Gasteiger charge is -2.43. The number of likely N-dealkylation sites (N-methyl/N-ethyl adjacent to an activating group) is 1. The number of alkyl halides is 6. The van der Waals surface area contributed by atoms with Crippen LogP contribution in [0.5, 0.6) is 0 Å². The number of rotatable bonds is 8. The molecule has 0 aromatic heterocycles. The summed E-state index contributed by atoms with van der Waals surface area (Å²) >= 11 is 12.5. The van der Waals surface area contributed by atoms with E-state index in [0.717, 1.165) is 10.5 Å². The molecule has 286 valence electrons. The van der Waals surface area contributed by atoms with E-state index in [9.17, 15) is 40.7 Å². The van der Waals surface area contributed by atoms with E-state index in [1.165, 1.54) is 20.0 Å². The Morgan fingerprint density at radius 1 is 0.849 bits per heavy atom. The van der Waals surface area contributed by atoms with Gasteiger partial charge >= 0.3 is 12.4 Å². The average molecular weight is 806 g/mol. The summed E-state index contributed by atoms with van der Waals surface area (Å²) in [5.74, 6) is -0.974. The molecule has 2 aliphatic rings. The number of carbonyl (C=O) groups is 3. The zero-order valence-electron chi connectivity index (χ0n) is 28.7. The standard InChI is InChI=1S/C37H36Cl2F6N4O3.ClH/c1-23(50)46-35(26-6-4-3-5-7-26)11-14-48(15-12-35)22-33(51)49-13-10-29(30(21-49)25-8-9-31(38)32(39)18-25)34(52)47(2)20-24-16-27(36(40,41)42)19-28(17-24)37(43,44)45;/h3-9,16-19H,10-15,20-22H2,1-2H3,(H,46,50);1H. The summed E-state index contributed by atoms with van der Waals surface area (Å²) in [5, 5.41) is 3.56. The lowest BCUT2D eigenvalue weighted by Crippen LogP contribution is -2.54. The predicted octanol–water partition coefficient (Wildman–Crippen LogP) is 8.22. The number of likely N-dealkylation sites (tertiary alicyclic amines) is 1. The third kappa shape index (κ3) is 10.1. The van der Waals surface area contributed by atoms with Crippen LogP contribution < -0.4 is 5.32 Å². The van der Waals surface area contributed by atoms with Crippen molar-refractivity contribution in [3.05, 3.63) is 110 Å². The molecule has 53 heavy (non-hydrogen) atoms. The summed E-state index contributed by atoms with van der Waals surface area (Å²) in [4.78, 5) is 44.4. The smallest absolute Gasteiger partial charge is 0.347 e. The molecule has 0 bridgehead atoms. The molecule has 5 rings (SSSR count). The van der Waals surface area contributed by atoms with Crippen LogP contribution in [0.4, 0.5) is 26.3 Å². The number of amides is 3. The molecule has 16 heteroatoms. The lowest BCUT2D eigenvalue weighted by atomic mass is 9.80. The highest BCUT2D eigenvalue weighted by Gasteiger charge is 2.39. The van der Waals surface area contributed by atoms with Crippen molar-refractivity contribution in [1.29, 1.82) is 0 Å². The second-order valence-corrected chi connectivity index (χ2v) is 13.9. The van der Waals surface area contributed by atoms with Gasteiger partial charge in [-0.3, -0.25) is 19.3 Å². The lowest BCUT2D eigenvalue weighted by molar-refractivity contribution is -0.143. The van der Waals surface area contributed by atoms with Crippen molar-refractivity contribution >= 4 is 58.9 Å². The van der Waals surface area contributed by atoms with Crippen molar-refractivity contribution in [2.75, 3.05) is 39.8 Å². The Bertz CT molecular complexity index is 1830. The highest BCUT2D eigenvalue weighted by molar-refractivity contribution is 6.42. The van der Waals surface area contributed by atoms with E-state index in [1.54, 1.807) is 17.0 Å². The zero-order chi connectivity index (χ0) is 38.0. The van der Waals surface area contributed by atoms with Crippen molar-refractivity contribution in [3.8, 4) is 0 Å². The van der Waals surface area contributed by atoms with Gasteiger partial charge in [0, 0.05) is 52.3 Å². The fraction of sp³-hybridized carbons (Fsp3) is 0.378. The predicted molar refractivity (Wildman–Crippen MR) is 192 cm³/mol. The Morgan fingerprint density at radius 3 is 2.00 bits per heavy atom. The Hall–Kier alpha value is -3.78. The monoisotopic (exact) mass is 804 g/mol. The van der Waals surface area contributed by atoms with E-state index in [2.05, 4.69) is 5.32 Å². The molecule has 0 radical (unpaired) electrons. The number of hydrogen-bond acceptors (Lipinski definition) is 4. The summed E-state index contributed by atoms with van der Waals surface area (Å²) < 4.78 is 81.0. The SMILES string of the molecule is CC(=O)NC1(c2ccccc2)CCN(CC(=O)N2CCC(C(=O)N(C)Cc3cc(C(F)(F)F)cc(C(F)(F)F)c3)=C(c3ccc(Cl)c(Cl)c3)C2)CC1.Cl. The van der Waals surface area contributed by atoms with Crippen LogP contribution in [0.25, 0.3) is 5.57 Å². The van der Waals surface area contributed by atoms with Gasteiger partial charge < -0.3 is 15.1 Å². The first kappa shape index (κ1) is 42.0. The van der Waals surface area contributed by atoms with Crippen LogP contribution >= 0.6 is 35.6 Å². The van der Waals surface area contributed by atoms with Gasteiger partial charge in [0.1, 0.15) is 0 Å². The molecule has 2 heterocycles. The number of nitrogens with zero attached hydrogens (tertiary/aromatic N) is 3.